The number of para-hydroxylation sites is 1. The summed E-state index contributed by atoms with van der Waals surface area (Å²) in [7, 11) is 1.37. The maximum Gasteiger partial charge on any atom is 0.341 e. The molecule has 0 aliphatic heterocycles. The minimum absolute atomic E-state index is 0.0475. The lowest BCUT2D eigenvalue weighted by molar-refractivity contribution is -0.384. The van der Waals surface area contributed by atoms with E-state index in [-0.39, 0.29) is 35.8 Å². The molecule has 1 amide bonds. The summed E-state index contributed by atoms with van der Waals surface area (Å²) in [6, 6.07) is 10.5. The molecule has 0 saturated carbocycles. The van der Waals surface area contributed by atoms with Crippen molar-refractivity contribution in [2.24, 2.45) is 0 Å². The molecule has 0 aliphatic carbocycles. The van der Waals surface area contributed by atoms with Gasteiger partial charge in [-0.05, 0) is 31.2 Å². The number of carbonyl (C=O) groups excluding carboxylic acids is 2. The Morgan fingerprint density at radius 3 is 2.59 bits per heavy atom. The van der Waals surface area contributed by atoms with Crippen LogP contribution in [0.3, 0.4) is 0 Å². The highest BCUT2D eigenvalue weighted by Gasteiger charge is 2.24. The number of hydrogen-bond acceptors (Lipinski definition) is 8. The Bertz CT molecular complexity index is 901. The van der Waals surface area contributed by atoms with Gasteiger partial charge in [-0.3, -0.25) is 14.9 Å². The van der Waals surface area contributed by atoms with Gasteiger partial charge in [0.15, 0.2) is 6.10 Å². The molecule has 0 radical (unpaired) electrons. The van der Waals surface area contributed by atoms with Crippen molar-refractivity contribution in [1.82, 2.24) is 0 Å². The first-order chi connectivity index (χ1) is 13.9. The van der Waals surface area contributed by atoms with Crippen molar-refractivity contribution in [3.8, 4) is 5.75 Å². The van der Waals surface area contributed by atoms with Gasteiger partial charge in [0.25, 0.3) is 11.6 Å². The van der Waals surface area contributed by atoms with Crippen molar-refractivity contribution < 1.29 is 29.1 Å². The van der Waals surface area contributed by atoms with Crippen molar-refractivity contribution in [3.63, 3.8) is 0 Å². The van der Waals surface area contributed by atoms with Crippen LogP contribution in [-0.2, 0) is 9.53 Å². The average molecular weight is 403 g/mol. The Balaban J connectivity index is 2.10. The first-order valence-corrected chi connectivity index (χ1v) is 8.65. The normalized spacial score (nSPS) is 11.3. The first kappa shape index (κ1) is 21.6. The number of methoxy groups -OCH3 is 1. The number of esters is 1. The zero-order chi connectivity index (χ0) is 21.4. The summed E-state index contributed by atoms with van der Waals surface area (Å²) in [5, 5.41) is 25.4. The van der Waals surface area contributed by atoms with Crippen molar-refractivity contribution in [2.75, 3.05) is 30.9 Å². The molecule has 10 heteroatoms. The number of nitrogens with one attached hydrogen (secondary N) is 2. The van der Waals surface area contributed by atoms with Crippen LogP contribution in [-0.4, -0.2) is 48.3 Å². The number of hydrogen-bond donors (Lipinski definition) is 3. The third-order valence-corrected chi connectivity index (χ3v) is 3.89. The highest BCUT2D eigenvalue weighted by atomic mass is 16.6. The Morgan fingerprint density at radius 1 is 1.21 bits per heavy atom. The van der Waals surface area contributed by atoms with Crippen molar-refractivity contribution in [3.05, 3.63) is 58.1 Å². The first-order valence-electron chi connectivity index (χ1n) is 8.65. The van der Waals surface area contributed by atoms with Crippen LogP contribution in [0.4, 0.5) is 17.1 Å². The minimum Gasteiger partial charge on any atom is -0.496 e. The van der Waals surface area contributed by atoms with Crippen LogP contribution in [0.5, 0.6) is 5.75 Å². The van der Waals surface area contributed by atoms with E-state index in [1.165, 1.54) is 38.3 Å². The Labute approximate surface area is 166 Å². The number of aliphatic hydroxyl groups is 1. The average Bonchev–Trinajstić information content (AvgIpc) is 2.72. The number of ether oxygens (including phenoxy) is 2. The van der Waals surface area contributed by atoms with E-state index in [1.807, 2.05) is 0 Å². The van der Waals surface area contributed by atoms with E-state index >= 15 is 0 Å². The maximum atomic E-state index is 12.4. The fourth-order valence-electron chi connectivity index (χ4n) is 2.41. The topological polar surface area (TPSA) is 140 Å². The molecule has 154 valence electrons. The van der Waals surface area contributed by atoms with E-state index in [9.17, 15) is 19.7 Å². The van der Waals surface area contributed by atoms with Gasteiger partial charge in [0.2, 0.25) is 0 Å². The molecule has 0 aliphatic rings. The lowest BCUT2D eigenvalue weighted by Gasteiger charge is -2.16. The smallest absolute Gasteiger partial charge is 0.341 e. The SMILES string of the molecule is COc1ccc(NC(=O)[C@@H](C)OC(=O)c2ccccc2NCCO)c([N+](=O)[O-])c1. The zero-order valence-electron chi connectivity index (χ0n) is 15.9. The second kappa shape index (κ2) is 10.0. The summed E-state index contributed by atoms with van der Waals surface area (Å²) in [4.78, 5) is 35.4. The fourth-order valence-corrected chi connectivity index (χ4v) is 2.41. The van der Waals surface area contributed by atoms with Gasteiger partial charge in [0, 0.05) is 12.2 Å². The van der Waals surface area contributed by atoms with Crippen LogP contribution in [0, 0.1) is 10.1 Å². The van der Waals surface area contributed by atoms with Gasteiger partial charge < -0.3 is 25.2 Å². The van der Waals surface area contributed by atoms with E-state index in [0.717, 1.165) is 0 Å². The predicted molar refractivity (Wildman–Crippen MR) is 105 cm³/mol. The van der Waals surface area contributed by atoms with Crippen LogP contribution in [0.1, 0.15) is 17.3 Å². The maximum absolute atomic E-state index is 12.4. The van der Waals surface area contributed by atoms with Gasteiger partial charge in [0.1, 0.15) is 11.4 Å². The molecule has 0 bridgehead atoms. The third kappa shape index (κ3) is 5.66. The molecule has 1 atom stereocenters. The molecule has 2 aromatic rings. The molecule has 0 unspecified atom stereocenters. The number of benzene rings is 2. The summed E-state index contributed by atoms with van der Waals surface area (Å²) < 4.78 is 10.1. The number of carbonyl (C=O) groups is 2. The molecular weight excluding hydrogens is 382 g/mol. The Kier molecular flexibility index (Phi) is 7.49. The second-order valence-corrected chi connectivity index (χ2v) is 5.87. The highest BCUT2D eigenvalue weighted by molar-refractivity contribution is 6.00. The van der Waals surface area contributed by atoms with Gasteiger partial charge in [-0.2, -0.15) is 0 Å². The molecule has 0 saturated heterocycles. The number of rotatable bonds is 9. The van der Waals surface area contributed by atoms with Crippen LogP contribution in [0.15, 0.2) is 42.5 Å². The van der Waals surface area contributed by atoms with Crippen molar-refractivity contribution >= 4 is 28.9 Å². The summed E-state index contributed by atoms with van der Waals surface area (Å²) in [5.74, 6) is -1.22. The van der Waals surface area contributed by atoms with Gasteiger partial charge in [0.05, 0.1) is 30.3 Å². The fraction of sp³-hybridized carbons (Fsp3) is 0.263. The molecule has 29 heavy (non-hydrogen) atoms. The number of nitrogens with zero attached hydrogens (tertiary/aromatic N) is 1. The second-order valence-electron chi connectivity index (χ2n) is 5.87. The molecule has 2 aromatic carbocycles. The zero-order valence-corrected chi connectivity index (χ0v) is 15.9. The van der Waals surface area contributed by atoms with E-state index in [1.54, 1.807) is 18.2 Å². The van der Waals surface area contributed by atoms with Crippen LogP contribution < -0.4 is 15.4 Å². The molecule has 3 N–H and O–H groups in total. The van der Waals surface area contributed by atoms with Gasteiger partial charge in [-0.1, -0.05) is 12.1 Å². The van der Waals surface area contributed by atoms with E-state index in [2.05, 4.69) is 10.6 Å². The summed E-state index contributed by atoms with van der Waals surface area (Å²) in [6.45, 7) is 1.47. The number of nitro benzene ring substituents is 1. The molecule has 0 heterocycles. The van der Waals surface area contributed by atoms with E-state index in [4.69, 9.17) is 14.6 Å². The summed E-state index contributed by atoms with van der Waals surface area (Å²) in [5.41, 5.74) is 0.240. The Morgan fingerprint density at radius 2 is 1.93 bits per heavy atom. The van der Waals surface area contributed by atoms with Gasteiger partial charge in [-0.15, -0.1) is 0 Å². The quantitative estimate of drug-likeness (QED) is 0.329. The monoisotopic (exact) mass is 403 g/mol. The molecule has 0 aromatic heterocycles. The number of aliphatic hydroxyl groups excluding tert-OH is 1. The summed E-state index contributed by atoms with van der Waals surface area (Å²) >= 11 is 0. The number of anilines is 2. The third-order valence-electron chi connectivity index (χ3n) is 3.89. The van der Waals surface area contributed by atoms with Crippen molar-refractivity contribution in [1.29, 1.82) is 0 Å². The minimum atomic E-state index is -1.21. The molecule has 0 fully saturated rings. The van der Waals surface area contributed by atoms with Crippen LogP contribution in [0.25, 0.3) is 0 Å². The lowest BCUT2D eigenvalue weighted by atomic mass is 10.1. The van der Waals surface area contributed by atoms with E-state index in [0.29, 0.717) is 5.69 Å². The highest BCUT2D eigenvalue weighted by Crippen LogP contribution is 2.29. The molecular formula is C19H21N3O7. The van der Waals surface area contributed by atoms with Crippen LogP contribution >= 0.6 is 0 Å². The van der Waals surface area contributed by atoms with Crippen molar-refractivity contribution in [2.45, 2.75) is 13.0 Å². The number of amides is 1. The van der Waals surface area contributed by atoms with Crippen LogP contribution in [0.2, 0.25) is 0 Å². The Hall–Kier alpha value is -3.66. The molecule has 2 rings (SSSR count). The largest absolute Gasteiger partial charge is 0.496 e. The number of nitro groups is 1. The molecule has 0 spiro atoms. The van der Waals surface area contributed by atoms with Gasteiger partial charge in [-0.25, -0.2) is 4.79 Å². The predicted octanol–water partition coefficient (Wildman–Crippen LogP) is 2.19. The lowest BCUT2D eigenvalue weighted by Crippen LogP contribution is -2.30. The standard InChI is InChI=1S/C19H21N3O7/c1-12(29-19(25)14-5-3-4-6-15(14)20-9-10-23)18(24)21-16-8-7-13(28-2)11-17(16)22(26)27/h3-8,11-12,20,23H,9-10H2,1-2H3,(H,21,24)/t12-/m1/s1. The van der Waals surface area contributed by atoms with E-state index < -0.39 is 22.9 Å². The molecule has 10 nitrogen and oxygen atoms in total. The van der Waals surface area contributed by atoms with Gasteiger partial charge >= 0.3 is 5.97 Å². The summed E-state index contributed by atoms with van der Waals surface area (Å²) in [6.07, 6.45) is -1.21.